The van der Waals surface area contributed by atoms with E-state index in [0.717, 1.165) is 44.9 Å². The van der Waals surface area contributed by atoms with Crippen molar-refractivity contribution in [3.05, 3.63) is 0 Å². The van der Waals surface area contributed by atoms with Crippen LogP contribution in [0.1, 0.15) is 51.4 Å². The van der Waals surface area contributed by atoms with Gasteiger partial charge in [0.15, 0.2) is 0 Å². The maximum absolute atomic E-state index is 12.6. The van der Waals surface area contributed by atoms with E-state index in [1.807, 2.05) is 0 Å². The summed E-state index contributed by atoms with van der Waals surface area (Å²) in [6, 6.07) is 1.90. The molecule has 1 heterocycles. The molecule has 5 fully saturated rings. The molecule has 0 spiro atoms. The lowest BCUT2D eigenvalue weighted by Crippen LogP contribution is -2.70. The number of carbonyl (C=O) groups excluding carboxylic acids is 1. The molecule has 4 aliphatic carbocycles. The van der Waals surface area contributed by atoms with Crippen LogP contribution in [0.4, 0.5) is 0 Å². The Labute approximate surface area is 154 Å². The van der Waals surface area contributed by atoms with Gasteiger partial charge in [-0.2, -0.15) is 18.4 Å². The van der Waals surface area contributed by atoms with Gasteiger partial charge in [-0.05, 0) is 63.2 Å². The minimum absolute atomic E-state index is 0.0294. The third-order valence-corrected chi connectivity index (χ3v) is 7.47. The Balaban J connectivity index is 1.46. The van der Waals surface area contributed by atoms with Crippen molar-refractivity contribution in [3.8, 4) is 6.07 Å². The highest BCUT2D eigenvalue weighted by molar-refractivity contribution is 7.87. The number of nitrogens with zero attached hydrogens (tertiary/aromatic N) is 2. The van der Waals surface area contributed by atoms with Gasteiger partial charge in [-0.1, -0.05) is 0 Å². The monoisotopic (exact) mass is 381 g/mol. The molecule has 1 aliphatic heterocycles. The van der Waals surface area contributed by atoms with Gasteiger partial charge in [0, 0.05) is 17.6 Å². The van der Waals surface area contributed by atoms with E-state index in [1.54, 1.807) is 4.90 Å². The van der Waals surface area contributed by atoms with Crippen molar-refractivity contribution in [2.75, 3.05) is 13.1 Å². The van der Waals surface area contributed by atoms with Crippen molar-refractivity contribution in [2.24, 2.45) is 17.0 Å². The van der Waals surface area contributed by atoms with E-state index in [1.165, 1.54) is 0 Å². The molecular weight excluding hydrogens is 354 g/mol. The molecule has 4 bridgehead atoms. The number of carbonyl (C=O) groups is 1. The largest absolute Gasteiger partial charge is 0.326 e. The molecule has 26 heavy (non-hydrogen) atoms. The lowest BCUT2D eigenvalue weighted by atomic mass is 9.50. The number of hydrogen-bond acceptors (Lipinski definition) is 5. The third-order valence-electron chi connectivity index (χ3n) is 6.76. The van der Waals surface area contributed by atoms with E-state index in [-0.39, 0.29) is 24.0 Å². The fourth-order valence-electron chi connectivity index (χ4n) is 6.45. The van der Waals surface area contributed by atoms with Gasteiger partial charge in [-0.3, -0.25) is 4.79 Å². The van der Waals surface area contributed by atoms with Gasteiger partial charge in [-0.15, -0.1) is 0 Å². The number of rotatable bonds is 5. The van der Waals surface area contributed by atoms with Gasteiger partial charge in [0.2, 0.25) is 5.91 Å². The SMILES string of the molecule is N#CC1CCCN1C(=O)CNC12CC3CC(C1)CC(NS(N)(=O)=O)(C3)C2. The third kappa shape index (κ3) is 3.36. The standard InChI is InChI=1S/C17H27N5O3S/c18-9-14-2-1-3-22(14)15(23)10-20-16-5-12-4-13(6-16)8-17(7-12,11-16)21-26(19,24)25/h12-14,20-21H,1-8,10-11H2,(H2,19,24,25). The Morgan fingerprint density at radius 2 is 1.88 bits per heavy atom. The van der Waals surface area contributed by atoms with Crippen LogP contribution < -0.4 is 15.2 Å². The zero-order valence-electron chi connectivity index (χ0n) is 14.9. The topological polar surface area (TPSA) is 128 Å². The zero-order chi connectivity index (χ0) is 18.6. The van der Waals surface area contributed by atoms with Crippen LogP contribution in [-0.2, 0) is 15.0 Å². The van der Waals surface area contributed by atoms with Crippen LogP contribution in [0.2, 0.25) is 0 Å². The van der Waals surface area contributed by atoms with E-state index in [0.29, 0.717) is 24.8 Å². The molecule has 3 atom stereocenters. The first kappa shape index (κ1) is 18.2. The van der Waals surface area contributed by atoms with E-state index in [4.69, 9.17) is 5.14 Å². The minimum atomic E-state index is -3.76. The molecule has 0 aromatic heterocycles. The second-order valence-corrected chi connectivity index (χ2v) is 10.2. The lowest BCUT2D eigenvalue weighted by molar-refractivity contribution is -0.131. The molecule has 4 saturated carbocycles. The average Bonchev–Trinajstić information content (AvgIpc) is 2.97. The van der Waals surface area contributed by atoms with Crippen LogP contribution in [0.5, 0.6) is 0 Å². The first-order chi connectivity index (χ1) is 12.2. The predicted octanol–water partition coefficient (Wildman–Crippen LogP) is -0.0249. The van der Waals surface area contributed by atoms with Crippen molar-refractivity contribution in [2.45, 2.75) is 68.5 Å². The number of amides is 1. The van der Waals surface area contributed by atoms with Gasteiger partial charge in [-0.25, -0.2) is 5.14 Å². The zero-order valence-corrected chi connectivity index (χ0v) is 15.7. The van der Waals surface area contributed by atoms with Crippen LogP contribution in [0.25, 0.3) is 0 Å². The fourth-order valence-corrected chi connectivity index (χ4v) is 7.30. The number of likely N-dealkylation sites (tertiary alicyclic amines) is 1. The quantitative estimate of drug-likeness (QED) is 0.616. The Morgan fingerprint density at radius 3 is 2.50 bits per heavy atom. The van der Waals surface area contributed by atoms with Crippen LogP contribution in [0.3, 0.4) is 0 Å². The molecular formula is C17H27N5O3S. The Hall–Kier alpha value is -1.21. The summed E-state index contributed by atoms with van der Waals surface area (Å²) in [4.78, 5) is 14.3. The summed E-state index contributed by atoms with van der Waals surface area (Å²) in [6.45, 7) is 0.858. The summed E-state index contributed by atoms with van der Waals surface area (Å²) in [5.41, 5.74) is -0.685. The van der Waals surface area contributed by atoms with Crippen molar-refractivity contribution in [1.82, 2.24) is 14.9 Å². The second-order valence-electron chi connectivity index (χ2n) is 8.90. The van der Waals surface area contributed by atoms with Gasteiger partial charge >= 0.3 is 0 Å². The van der Waals surface area contributed by atoms with Crippen molar-refractivity contribution in [3.63, 3.8) is 0 Å². The summed E-state index contributed by atoms with van der Waals surface area (Å²) in [5.74, 6) is 0.900. The Morgan fingerprint density at radius 1 is 1.23 bits per heavy atom. The molecule has 0 aromatic carbocycles. The van der Waals surface area contributed by atoms with Gasteiger partial charge in [0.05, 0.1) is 12.6 Å². The molecule has 1 saturated heterocycles. The second kappa shape index (κ2) is 6.16. The molecule has 4 N–H and O–H groups in total. The number of hydrogen-bond donors (Lipinski definition) is 3. The summed E-state index contributed by atoms with van der Waals surface area (Å²) in [6.07, 6.45) is 7.06. The van der Waals surface area contributed by atoms with Gasteiger partial charge in [0.1, 0.15) is 6.04 Å². The normalized spacial score (nSPS) is 41.4. The average molecular weight is 382 g/mol. The van der Waals surface area contributed by atoms with E-state index in [2.05, 4.69) is 16.1 Å². The highest BCUT2D eigenvalue weighted by atomic mass is 32.2. The highest BCUT2D eigenvalue weighted by Gasteiger charge is 2.58. The predicted molar refractivity (Wildman–Crippen MR) is 94.7 cm³/mol. The van der Waals surface area contributed by atoms with Crippen molar-refractivity contribution in [1.29, 1.82) is 5.26 Å². The Bertz CT molecular complexity index is 732. The van der Waals surface area contributed by atoms with Crippen molar-refractivity contribution >= 4 is 16.1 Å². The maximum Gasteiger partial charge on any atom is 0.274 e. The molecule has 8 nitrogen and oxygen atoms in total. The van der Waals surface area contributed by atoms with E-state index in [9.17, 15) is 18.5 Å². The minimum Gasteiger partial charge on any atom is -0.326 e. The lowest BCUT2D eigenvalue weighted by Gasteiger charge is -2.62. The fraction of sp³-hybridized carbons (Fsp3) is 0.882. The number of nitrogens with one attached hydrogen (secondary N) is 2. The smallest absolute Gasteiger partial charge is 0.274 e. The van der Waals surface area contributed by atoms with Crippen LogP contribution in [0, 0.1) is 23.2 Å². The maximum atomic E-state index is 12.6. The summed E-state index contributed by atoms with van der Waals surface area (Å²) >= 11 is 0. The highest BCUT2D eigenvalue weighted by Crippen LogP contribution is 2.57. The first-order valence-electron chi connectivity index (χ1n) is 9.47. The van der Waals surface area contributed by atoms with Crippen LogP contribution in [-0.4, -0.2) is 49.4 Å². The van der Waals surface area contributed by atoms with Gasteiger partial charge in [0.25, 0.3) is 10.2 Å². The van der Waals surface area contributed by atoms with Gasteiger partial charge < -0.3 is 10.2 Å². The number of nitriles is 1. The summed E-state index contributed by atoms with van der Waals surface area (Å²) in [5, 5.41) is 18.0. The van der Waals surface area contributed by atoms with E-state index >= 15 is 0 Å². The molecule has 144 valence electrons. The summed E-state index contributed by atoms with van der Waals surface area (Å²) < 4.78 is 26.1. The molecule has 0 aromatic rings. The van der Waals surface area contributed by atoms with E-state index < -0.39 is 15.7 Å². The Kier molecular flexibility index (Phi) is 4.30. The van der Waals surface area contributed by atoms with Crippen LogP contribution in [0.15, 0.2) is 0 Å². The number of nitrogens with two attached hydrogens (primary N) is 1. The van der Waals surface area contributed by atoms with Crippen LogP contribution >= 0.6 is 0 Å². The summed E-state index contributed by atoms with van der Waals surface area (Å²) in [7, 11) is -3.76. The van der Waals surface area contributed by atoms with Crippen molar-refractivity contribution < 1.29 is 13.2 Å². The molecule has 3 unspecified atom stereocenters. The molecule has 1 amide bonds. The molecule has 9 heteroatoms. The first-order valence-corrected chi connectivity index (χ1v) is 11.0. The molecule has 0 radical (unpaired) electrons. The molecule has 5 aliphatic rings. The molecule has 5 rings (SSSR count).